The Morgan fingerprint density at radius 2 is 1.22 bits per heavy atom. The molecule has 0 aliphatic carbocycles. The van der Waals surface area contributed by atoms with Crippen LogP contribution in [0.2, 0.25) is 0 Å². The fourth-order valence-electron chi connectivity index (χ4n) is 2.21. The van der Waals surface area contributed by atoms with Crippen LogP contribution in [-0.2, 0) is 20.7 Å². The lowest BCUT2D eigenvalue weighted by Gasteiger charge is -2.35. The Hall–Kier alpha value is -1.28. The molecule has 1 rings (SSSR count). The third-order valence-electron chi connectivity index (χ3n) is 4.20. The van der Waals surface area contributed by atoms with Gasteiger partial charge in [-0.25, -0.2) is 0 Å². The quantitative estimate of drug-likeness (QED) is 0.728. The van der Waals surface area contributed by atoms with E-state index in [2.05, 4.69) is 9.47 Å². The van der Waals surface area contributed by atoms with Crippen LogP contribution in [0, 0.1) is 6.92 Å². The van der Waals surface area contributed by atoms with E-state index in [0.29, 0.717) is 0 Å². The average molecular weight is 344 g/mol. The van der Waals surface area contributed by atoms with Gasteiger partial charge in [0.2, 0.25) is 0 Å². The Morgan fingerprint density at radius 1 is 0.783 bits per heavy atom. The van der Waals surface area contributed by atoms with E-state index in [1.165, 1.54) is 13.0 Å². The highest BCUT2D eigenvalue weighted by atomic mass is 19.4. The van der Waals surface area contributed by atoms with Crippen molar-refractivity contribution in [2.45, 2.75) is 44.3 Å². The van der Waals surface area contributed by atoms with Crippen molar-refractivity contribution < 1.29 is 35.8 Å². The van der Waals surface area contributed by atoms with Crippen LogP contribution in [0.4, 0.5) is 26.3 Å². The average Bonchev–Trinajstić information content (AvgIpc) is 2.43. The molecule has 0 aliphatic rings. The van der Waals surface area contributed by atoms with Crippen LogP contribution in [-0.4, -0.2) is 26.6 Å². The van der Waals surface area contributed by atoms with Gasteiger partial charge in [-0.1, -0.05) is 12.1 Å². The molecular formula is C15H18F6O2. The first-order valence-corrected chi connectivity index (χ1v) is 6.60. The van der Waals surface area contributed by atoms with Crippen molar-refractivity contribution in [3.8, 4) is 0 Å². The minimum absolute atomic E-state index is 0.163. The number of halogens is 6. The fourth-order valence-corrected chi connectivity index (χ4v) is 2.21. The van der Waals surface area contributed by atoms with Gasteiger partial charge in [-0.15, -0.1) is 0 Å². The van der Waals surface area contributed by atoms with Gasteiger partial charge in [0.1, 0.15) is 0 Å². The van der Waals surface area contributed by atoms with Gasteiger partial charge < -0.3 is 9.47 Å². The molecule has 23 heavy (non-hydrogen) atoms. The molecule has 2 atom stereocenters. The van der Waals surface area contributed by atoms with E-state index in [9.17, 15) is 26.3 Å². The van der Waals surface area contributed by atoms with Gasteiger partial charge in [0, 0.05) is 14.2 Å². The Morgan fingerprint density at radius 3 is 1.57 bits per heavy atom. The van der Waals surface area contributed by atoms with Gasteiger partial charge in [0.15, 0.2) is 11.2 Å². The summed E-state index contributed by atoms with van der Waals surface area (Å²) in [5.74, 6) is 0. The standard InChI is InChI=1S/C15H18F6O2/c1-9-6-7-10(12(2,22-4)14(16,17)18)8-11(9)13(3,23-5)15(19,20)21/h6-8H,1-5H3. The molecule has 0 radical (unpaired) electrons. The number of benzene rings is 1. The topological polar surface area (TPSA) is 18.5 Å². The predicted molar refractivity (Wildman–Crippen MR) is 72.0 cm³/mol. The molecule has 0 aliphatic heterocycles. The molecule has 0 aromatic heterocycles. The van der Waals surface area contributed by atoms with Crippen LogP contribution in [0.1, 0.15) is 30.5 Å². The third kappa shape index (κ3) is 3.19. The number of rotatable bonds is 4. The zero-order chi connectivity index (χ0) is 18.3. The van der Waals surface area contributed by atoms with Gasteiger partial charge in [-0.3, -0.25) is 0 Å². The van der Waals surface area contributed by atoms with Crippen LogP contribution in [0.3, 0.4) is 0 Å². The highest BCUT2D eigenvalue weighted by Gasteiger charge is 2.56. The highest BCUT2D eigenvalue weighted by Crippen LogP contribution is 2.46. The normalized spacial score (nSPS) is 18.4. The van der Waals surface area contributed by atoms with Crippen LogP contribution >= 0.6 is 0 Å². The van der Waals surface area contributed by atoms with Crippen molar-refractivity contribution in [3.63, 3.8) is 0 Å². The van der Waals surface area contributed by atoms with Gasteiger partial charge in [0.25, 0.3) is 0 Å². The third-order valence-corrected chi connectivity index (χ3v) is 4.20. The van der Waals surface area contributed by atoms with Gasteiger partial charge in [0.05, 0.1) is 0 Å². The molecule has 132 valence electrons. The lowest BCUT2D eigenvalue weighted by Crippen LogP contribution is -2.44. The number of aryl methyl sites for hydroxylation is 1. The Bertz CT molecular complexity index is 566. The number of hydrogen-bond donors (Lipinski definition) is 0. The van der Waals surface area contributed by atoms with Crippen LogP contribution < -0.4 is 0 Å². The van der Waals surface area contributed by atoms with E-state index < -0.39 is 34.7 Å². The molecule has 0 saturated heterocycles. The highest BCUT2D eigenvalue weighted by molar-refractivity contribution is 5.39. The summed E-state index contributed by atoms with van der Waals surface area (Å²) in [6.45, 7) is 2.91. The van der Waals surface area contributed by atoms with Crippen molar-refractivity contribution in [3.05, 3.63) is 34.9 Å². The first-order chi connectivity index (χ1) is 10.2. The zero-order valence-electron chi connectivity index (χ0n) is 13.3. The molecular weight excluding hydrogens is 326 g/mol. The molecule has 0 heterocycles. The Labute approximate surface area is 130 Å². The first kappa shape index (κ1) is 19.8. The molecule has 0 saturated carbocycles. The van der Waals surface area contributed by atoms with E-state index in [0.717, 1.165) is 40.2 Å². The summed E-state index contributed by atoms with van der Waals surface area (Å²) in [7, 11) is 1.71. The van der Waals surface area contributed by atoms with E-state index in [1.807, 2.05) is 0 Å². The zero-order valence-corrected chi connectivity index (χ0v) is 13.3. The maximum Gasteiger partial charge on any atom is 0.421 e. The predicted octanol–water partition coefficient (Wildman–Crippen LogP) is 4.84. The molecule has 0 bridgehead atoms. The van der Waals surface area contributed by atoms with Crippen molar-refractivity contribution >= 4 is 0 Å². The second-order valence-corrected chi connectivity index (χ2v) is 5.50. The summed E-state index contributed by atoms with van der Waals surface area (Å²) in [4.78, 5) is 0. The van der Waals surface area contributed by atoms with Crippen molar-refractivity contribution in [2.24, 2.45) is 0 Å². The first-order valence-electron chi connectivity index (χ1n) is 6.60. The minimum atomic E-state index is -4.80. The number of methoxy groups -OCH3 is 2. The van der Waals surface area contributed by atoms with Crippen molar-refractivity contribution in [1.29, 1.82) is 0 Å². The van der Waals surface area contributed by atoms with E-state index in [1.54, 1.807) is 0 Å². The molecule has 2 nitrogen and oxygen atoms in total. The molecule has 2 unspecified atom stereocenters. The summed E-state index contributed by atoms with van der Waals surface area (Å²) < 4.78 is 89.0. The second-order valence-electron chi connectivity index (χ2n) is 5.50. The second kappa shape index (κ2) is 5.98. The summed E-state index contributed by atoms with van der Waals surface area (Å²) in [5.41, 5.74) is -6.11. The monoisotopic (exact) mass is 344 g/mol. The molecule has 0 spiro atoms. The molecule has 1 aromatic rings. The summed E-state index contributed by atoms with van der Waals surface area (Å²) in [6, 6.07) is 3.13. The minimum Gasteiger partial charge on any atom is -0.364 e. The molecule has 8 heteroatoms. The molecule has 1 aromatic carbocycles. The summed E-state index contributed by atoms with van der Waals surface area (Å²) in [5, 5.41) is 0. The Balaban J connectivity index is 3.63. The summed E-state index contributed by atoms with van der Waals surface area (Å²) >= 11 is 0. The van der Waals surface area contributed by atoms with Gasteiger partial charge in [-0.2, -0.15) is 26.3 Å². The van der Waals surface area contributed by atoms with Crippen LogP contribution in [0.15, 0.2) is 18.2 Å². The van der Waals surface area contributed by atoms with E-state index in [4.69, 9.17) is 0 Å². The largest absolute Gasteiger partial charge is 0.421 e. The van der Waals surface area contributed by atoms with Gasteiger partial charge in [-0.05, 0) is 43.5 Å². The molecule has 0 N–H and O–H groups in total. The number of alkyl halides is 6. The lowest BCUT2D eigenvalue weighted by atomic mass is 9.85. The lowest BCUT2D eigenvalue weighted by molar-refractivity contribution is -0.271. The van der Waals surface area contributed by atoms with E-state index in [-0.39, 0.29) is 5.56 Å². The Kier molecular flexibility index (Phi) is 5.14. The van der Waals surface area contributed by atoms with Crippen LogP contribution in [0.25, 0.3) is 0 Å². The smallest absolute Gasteiger partial charge is 0.364 e. The fraction of sp³-hybridized carbons (Fsp3) is 0.600. The summed E-state index contributed by atoms with van der Waals surface area (Å²) in [6.07, 6.45) is -9.59. The van der Waals surface area contributed by atoms with Gasteiger partial charge >= 0.3 is 12.4 Å². The molecule has 0 amide bonds. The van der Waals surface area contributed by atoms with Crippen molar-refractivity contribution in [2.75, 3.05) is 14.2 Å². The maximum absolute atomic E-state index is 13.3. The van der Waals surface area contributed by atoms with Crippen LogP contribution in [0.5, 0.6) is 0 Å². The SMILES string of the molecule is COC(C)(c1ccc(C)c(C(C)(OC)C(F)(F)F)c1)C(F)(F)F. The van der Waals surface area contributed by atoms with Crippen molar-refractivity contribution in [1.82, 2.24) is 0 Å². The molecule has 0 fully saturated rings. The van der Waals surface area contributed by atoms with E-state index >= 15 is 0 Å². The number of ether oxygens (including phenoxy) is 2. The number of hydrogen-bond acceptors (Lipinski definition) is 2. The maximum atomic E-state index is 13.3.